The molecule has 142 valence electrons. The number of hydrogen-bond donors (Lipinski definition) is 1. The number of rotatable bonds is 13. The Labute approximate surface area is 158 Å². The third-order valence-electron chi connectivity index (χ3n) is 3.92. The first-order valence-electron chi connectivity index (χ1n) is 9.10. The second-order valence-corrected chi connectivity index (χ2v) is 14.4. The van der Waals surface area contributed by atoms with Crippen LogP contribution in [0.3, 0.4) is 0 Å². The number of hydrogen-bond acceptors (Lipinski definition) is 4. The van der Waals surface area contributed by atoms with Crippen molar-refractivity contribution in [2.45, 2.75) is 69.0 Å². The van der Waals surface area contributed by atoms with Crippen molar-refractivity contribution >= 4 is 19.8 Å². The summed E-state index contributed by atoms with van der Waals surface area (Å²) in [6, 6.07) is 11.4. The SMILES string of the molecule is C=C(CC[C@@H](OCOCC[Si](C)(C)C)[C@H](O)CC)Sc1ccccc1. The van der Waals surface area contributed by atoms with E-state index in [9.17, 15) is 5.11 Å². The van der Waals surface area contributed by atoms with Crippen molar-refractivity contribution in [3.05, 3.63) is 41.8 Å². The van der Waals surface area contributed by atoms with Crippen LogP contribution >= 0.6 is 11.8 Å². The van der Waals surface area contributed by atoms with Crippen LogP contribution in [0.15, 0.2) is 46.7 Å². The third-order valence-corrected chi connectivity index (χ3v) is 6.63. The molecule has 1 aromatic rings. The van der Waals surface area contributed by atoms with Crippen LogP contribution in [-0.4, -0.2) is 38.8 Å². The Hall–Kier alpha value is -0.593. The standard InChI is InChI=1S/C20H34O3SSi/c1-6-19(21)20(23-16-22-14-15-25(3,4)5)13-12-17(2)24-18-10-8-7-9-11-18/h7-11,19-21H,2,6,12-16H2,1,3-5H3/t19-,20-/m1/s1. The maximum absolute atomic E-state index is 10.2. The molecule has 0 fully saturated rings. The fraction of sp³-hybridized carbons (Fsp3) is 0.600. The predicted molar refractivity (Wildman–Crippen MR) is 111 cm³/mol. The van der Waals surface area contributed by atoms with Gasteiger partial charge < -0.3 is 14.6 Å². The molecular weight excluding hydrogens is 348 g/mol. The first-order chi connectivity index (χ1) is 11.8. The van der Waals surface area contributed by atoms with Gasteiger partial charge in [-0.1, -0.05) is 63.1 Å². The first-order valence-corrected chi connectivity index (χ1v) is 13.6. The monoisotopic (exact) mass is 382 g/mol. The van der Waals surface area contributed by atoms with Gasteiger partial charge in [-0.2, -0.15) is 0 Å². The van der Waals surface area contributed by atoms with Crippen LogP contribution in [0.1, 0.15) is 26.2 Å². The summed E-state index contributed by atoms with van der Waals surface area (Å²) < 4.78 is 11.4. The second kappa shape index (κ2) is 11.9. The minimum atomic E-state index is -1.07. The largest absolute Gasteiger partial charge is 0.390 e. The molecule has 0 aromatic heterocycles. The molecule has 0 aliphatic rings. The Morgan fingerprint density at radius 1 is 1.24 bits per heavy atom. The van der Waals surface area contributed by atoms with Gasteiger partial charge in [0.15, 0.2) is 0 Å². The van der Waals surface area contributed by atoms with Crippen molar-refractivity contribution in [2.75, 3.05) is 13.4 Å². The number of aliphatic hydroxyl groups excluding tert-OH is 1. The lowest BCUT2D eigenvalue weighted by molar-refractivity contribution is -0.124. The molecule has 0 saturated carbocycles. The van der Waals surface area contributed by atoms with Gasteiger partial charge in [-0.25, -0.2) is 0 Å². The van der Waals surface area contributed by atoms with Gasteiger partial charge in [0.25, 0.3) is 0 Å². The molecule has 25 heavy (non-hydrogen) atoms. The third kappa shape index (κ3) is 10.9. The summed E-state index contributed by atoms with van der Waals surface area (Å²) in [5.74, 6) is 0. The second-order valence-electron chi connectivity index (χ2n) is 7.51. The van der Waals surface area contributed by atoms with Gasteiger partial charge in [0.2, 0.25) is 0 Å². The zero-order valence-corrected chi connectivity index (χ0v) is 18.0. The van der Waals surface area contributed by atoms with Gasteiger partial charge in [-0.05, 0) is 42.3 Å². The highest BCUT2D eigenvalue weighted by molar-refractivity contribution is 8.03. The maximum Gasteiger partial charge on any atom is 0.147 e. The molecule has 3 nitrogen and oxygen atoms in total. The molecule has 0 unspecified atom stereocenters. The number of aliphatic hydroxyl groups is 1. The van der Waals surface area contributed by atoms with Crippen LogP contribution in [0.5, 0.6) is 0 Å². The molecule has 0 radical (unpaired) electrons. The minimum absolute atomic E-state index is 0.204. The lowest BCUT2D eigenvalue weighted by atomic mass is 10.1. The van der Waals surface area contributed by atoms with Crippen LogP contribution in [-0.2, 0) is 9.47 Å². The highest BCUT2D eigenvalue weighted by atomic mass is 32.2. The zero-order chi connectivity index (χ0) is 18.7. The van der Waals surface area contributed by atoms with E-state index in [-0.39, 0.29) is 12.9 Å². The average molecular weight is 383 g/mol. The van der Waals surface area contributed by atoms with E-state index >= 15 is 0 Å². The highest BCUT2D eigenvalue weighted by Gasteiger charge is 2.19. The summed E-state index contributed by atoms with van der Waals surface area (Å²) in [6.07, 6.45) is 1.58. The molecule has 0 aliphatic carbocycles. The molecule has 2 atom stereocenters. The fourth-order valence-corrected chi connectivity index (χ4v) is 3.84. The molecule has 0 bridgehead atoms. The van der Waals surface area contributed by atoms with Crippen molar-refractivity contribution in [3.8, 4) is 0 Å². The normalized spacial score (nSPS) is 14.3. The lowest BCUT2D eigenvalue weighted by Gasteiger charge is -2.23. The smallest absolute Gasteiger partial charge is 0.147 e. The van der Waals surface area contributed by atoms with Gasteiger partial charge in [0.05, 0.1) is 12.2 Å². The highest BCUT2D eigenvalue weighted by Crippen LogP contribution is 2.29. The summed E-state index contributed by atoms with van der Waals surface area (Å²) in [6.45, 7) is 14.1. The molecule has 0 saturated heterocycles. The molecule has 0 heterocycles. The lowest BCUT2D eigenvalue weighted by Crippen LogP contribution is -2.30. The number of allylic oxidation sites excluding steroid dienone is 1. The van der Waals surface area contributed by atoms with Crippen LogP contribution in [0, 0.1) is 0 Å². The number of ether oxygens (including phenoxy) is 2. The molecule has 1 aromatic carbocycles. The average Bonchev–Trinajstić information content (AvgIpc) is 2.56. The fourth-order valence-electron chi connectivity index (χ4n) is 2.23. The van der Waals surface area contributed by atoms with E-state index in [1.807, 2.05) is 25.1 Å². The molecule has 0 amide bonds. The first kappa shape index (κ1) is 22.4. The van der Waals surface area contributed by atoms with Crippen LogP contribution in [0.2, 0.25) is 25.7 Å². The van der Waals surface area contributed by atoms with Crippen LogP contribution < -0.4 is 0 Å². The maximum atomic E-state index is 10.2. The zero-order valence-electron chi connectivity index (χ0n) is 16.2. The Morgan fingerprint density at radius 3 is 2.52 bits per heavy atom. The van der Waals surface area contributed by atoms with Crippen molar-refractivity contribution in [3.63, 3.8) is 0 Å². The number of benzene rings is 1. The van der Waals surface area contributed by atoms with Gasteiger partial charge in [-0.15, -0.1) is 0 Å². The van der Waals surface area contributed by atoms with Gasteiger partial charge in [0.1, 0.15) is 6.79 Å². The molecular formula is C20H34O3SSi. The van der Waals surface area contributed by atoms with Crippen molar-refractivity contribution in [1.29, 1.82) is 0 Å². The quantitative estimate of drug-likeness (QED) is 0.210. The van der Waals surface area contributed by atoms with E-state index in [1.165, 1.54) is 4.90 Å². The summed E-state index contributed by atoms with van der Waals surface area (Å²) >= 11 is 1.68. The Balaban J connectivity index is 2.33. The molecule has 0 aliphatic heterocycles. The van der Waals surface area contributed by atoms with Gasteiger partial charge >= 0.3 is 0 Å². The predicted octanol–water partition coefficient (Wildman–Crippen LogP) is 5.54. The Kier molecular flexibility index (Phi) is 10.7. The van der Waals surface area contributed by atoms with E-state index in [2.05, 4.69) is 38.4 Å². The van der Waals surface area contributed by atoms with Crippen molar-refractivity contribution in [2.24, 2.45) is 0 Å². The van der Waals surface area contributed by atoms with Gasteiger partial charge in [-0.3, -0.25) is 0 Å². The van der Waals surface area contributed by atoms with Crippen LogP contribution in [0.25, 0.3) is 0 Å². The summed E-state index contributed by atoms with van der Waals surface area (Å²) in [7, 11) is -1.07. The molecule has 1 rings (SSSR count). The van der Waals surface area contributed by atoms with Gasteiger partial charge in [0, 0.05) is 19.6 Å². The summed E-state index contributed by atoms with van der Waals surface area (Å²) in [4.78, 5) is 2.28. The van der Waals surface area contributed by atoms with E-state index in [4.69, 9.17) is 9.47 Å². The molecule has 0 spiro atoms. The van der Waals surface area contributed by atoms with Crippen molar-refractivity contribution in [1.82, 2.24) is 0 Å². The Morgan fingerprint density at radius 2 is 1.92 bits per heavy atom. The molecule has 1 N–H and O–H groups in total. The van der Waals surface area contributed by atoms with E-state index < -0.39 is 14.2 Å². The summed E-state index contributed by atoms with van der Waals surface area (Å²) in [5, 5.41) is 10.2. The van der Waals surface area contributed by atoms with E-state index in [1.54, 1.807) is 11.8 Å². The Bertz CT molecular complexity index is 487. The van der Waals surface area contributed by atoms with E-state index in [0.717, 1.165) is 30.4 Å². The minimum Gasteiger partial charge on any atom is -0.390 e. The topological polar surface area (TPSA) is 38.7 Å². The van der Waals surface area contributed by atoms with E-state index in [0.29, 0.717) is 6.42 Å². The molecule has 5 heteroatoms. The van der Waals surface area contributed by atoms with Crippen LogP contribution in [0.4, 0.5) is 0 Å². The summed E-state index contributed by atoms with van der Waals surface area (Å²) in [5.41, 5.74) is 0. The van der Waals surface area contributed by atoms with Crippen molar-refractivity contribution < 1.29 is 14.6 Å². The number of thioether (sulfide) groups is 1.